The Kier molecular flexibility index (Phi) is 5.96. The lowest BCUT2D eigenvalue weighted by molar-refractivity contribution is -0.119. The maximum Gasteiger partial charge on any atom is 0.317 e. The minimum absolute atomic E-state index is 0.0777. The molecule has 2 aromatic heterocycles. The summed E-state index contributed by atoms with van der Waals surface area (Å²) in [5.41, 5.74) is 5.25. The molecule has 2 aliphatic rings. The average Bonchev–Trinajstić information content (AvgIpc) is 3.35. The molecular weight excluding hydrogens is 456 g/mol. The van der Waals surface area contributed by atoms with Gasteiger partial charge in [-0.05, 0) is 11.6 Å². The average molecular weight is 481 g/mol. The molecular formula is C27H24N6O3. The molecule has 180 valence electrons. The summed E-state index contributed by atoms with van der Waals surface area (Å²) in [6.45, 7) is 2.82. The molecule has 36 heavy (non-hydrogen) atoms. The van der Waals surface area contributed by atoms with Crippen LogP contribution < -0.4 is 10.2 Å². The number of carbonyl (C=O) groups is 1. The summed E-state index contributed by atoms with van der Waals surface area (Å²) in [6, 6.07) is 19.7. The summed E-state index contributed by atoms with van der Waals surface area (Å²) in [6.07, 6.45) is 2.87. The van der Waals surface area contributed by atoms with Crippen molar-refractivity contribution in [1.29, 1.82) is 0 Å². The molecule has 9 nitrogen and oxygen atoms in total. The lowest BCUT2D eigenvalue weighted by atomic mass is 9.96. The molecule has 0 bridgehead atoms. The number of pyridine rings is 1. The first-order chi connectivity index (χ1) is 17.8. The summed E-state index contributed by atoms with van der Waals surface area (Å²) in [4.78, 5) is 24.5. The van der Waals surface area contributed by atoms with E-state index in [4.69, 9.17) is 14.1 Å². The van der Waals surface area contributed by atoms with E-state index in [0.29, 0.717) is 19.1 Å². The lowest BCUT2D eigenvalue weighted by Gasteiger charge is -2.29. The highest BCUT2D eigenvalue weighted by atomic mass is 16.5. The van der Waals surface area contributed by atoms with Gasteiger partial charge >= 0.3 is 6.01 Å². The molecule has 2 aromatic carbocycles. The zero-order chi connectivity index (χ0) is 24.3. The molecule has 4 heterocycles. The summed E-state index contributed by atoms with van der Waals surface area (Å²) in [5.74, 6) is 0.268. The van der Waals surface area contributed by atoms with Crippen molar-refractivity contribution in [2.45, 2.75) is 12.6 Å². The van der Waals surface area contributed by atoms with E-state index in [0.717, 1.165) is 46.7 Å². The predicted octanol–water partition coefficient (Wildman–Crippen LogP) is 3.37. The van der Waals surface area contributed by atoms with Crippen LogP contribution in [0.2, 0.25) is 0 Å². The Hall–Kier alpha value is -4.37. The summed E-state index contributed by atoms with van der Waals surface area (Å²) >= 11 is 0. The number of ketones is 1. The van der Waals surface area contributed by atoms with Gasteiger partial charge < -0.3 is 19.4 Å². The molecule has 2 aliphatic heterocycles. The highest BCUT2D eigenvalue weighted by Crippen LogP contribution is 2.31. The van der Waals surface area contributed by atoms with Crippen LogP contribution in [0.15, 0.2) is 82.5 Å². The third-order valence-electron chi connectivity index (χ3n) is 6.31. The zero-order valence-electron chi connectivity index (χ0n) is 19.5. The molecule has 1 N–H and O–H groups in total. The molecule has 0 aliphatic carbocycles. The van der Waals surface area contributed by atoms with Crippen molar-refractivity contribution in [2.24, 2.45) is 4.99 Å². The first kappa shape index (κ1) is 22.1. The fourth-order valence-electron chi connectivity index (χ4n) is 4.53. The topological polar surface area (TPSA) is 106 Å². The van der Waals surface area contributed by atoms with Crippen LogP contribution in [-0.2, 0) is 16.0 Å². The van der Waals surface area contributed by atoms with Crippen molar-refractivity contribution in [2.75, 3.05) is 36.5 Å². The van der Waals surface area contributed by atoms with Crippen molar-refractivity contribution in [3.05, 3.63) is 89.7 Å². The second kappa shape index (κ2) is 9.71. The highest BCUT2D eigenvalue weighted by Gasteiger charge is 2.27. The monoisotopic (exact) mass is 480 g/mol. The van der Waals surface area contributed by atoms with Gasteiger partial charge in [0, 0.05) is 36.8 Å². The Morgan fingerprint density at radius 3 is 2.58 bits per heavy atom. The summed E-state index contributed by atoms with van der Waals surface area (Å²) < 4.78 is 11.4. The number of morpholine rings is 1. The molecule has 1 fully saturated rings. The van der Waals surface area contributed by atoms with E-state index in [1.807, 2.05) is 60.7 Å². The van der Waals surface area contributed by atoms with Gasteiger partial charge in [0.2, 0.25) is 0 Å². The normalized spacial score (nSPS) is 17.8. The third-order valence-corrected chi connectivity index (χ3v) is 6.31. The van der Waals surface area contributed by atoms with Crippen molar-refractivity contribution in [3.8, 4) is 11.5 Å². The largest absolute Gasteiger partial charge is 0.403 e. The minimum Gasteiger partial charge on any atom is -0.403 e. The lowest BCUT2D eigenvalue weighted by Crippen LogP contribution is -2.36. The van der Waals surface area contributed by atoms with Crippen LogP contribution in [-0.4, -0.2) is 59.1 Å². The number of nitrogens with one attached hydrogen (secondary N) is 1. The number of Topliss-reactive ketones (excluding diaryl/α,β-unsaturated/α-hetero) is 1. The van der Waals surface area contributed by atoms with Gasteiger partial charge in [-0.15, -0.1) is 5.10 Å². The Morgan fingerprint density at radius 1 is 0.917 bits per heavy atom. The van der Waals surface area contributed by atoms with Gasteiger partial charge in [0.25, 0.3) is 5.89 Å². The quantitative estimate of drug-likeness (QED) is 0.464. The molecule has 9 heteroatoms. The summed E-state index contributed by atoms with van der Waals surface area (Å²) in [7, 11) is 0. The van der Waals surface area contributed by atoms with E-state index in [1.165, 1.54) is 0 Å². The first-order valence-electron chi connectivity index (χ1n) is 11.9. The standard InChI is InChI=1S/C27H24N6O3/c34-23-16-19-8-4-5-9-20(19)24(18-6-2-1-3-7-18)29-25(23)30-27-32-31-26(36-27)21-10-11-28-17-22(21)33-12-14-35-15-13-33/h1-11,17,25H,12-16H2,(H,30,32). The summed E-state index contributed by atoms with van der Waals surface area (Å²) in [5, 5.41) is 11.5. The van der Waals surface area contributed by atoms with Gasteiger partial charge in [-0.25, -0.2) is 0 Å². The molecule has 0 saturated carbocycles. The molecule has 4 aromatic rings. The molecule has 6 rings (SSSR count). The van der Waals surface area contributed by atoms with Crippen LogP contribution >= 0.6 is 0 Å². The van der Waals surface area contributed by atoms with E-state index in [-0.39, 0.29) is 18.2 Å². The van der Waals surface area contributed by atoms with E-state index >= 15 is 0 Å². The number of fused-ring (bicyclic) bond motifs is 1. The third kappa shape index (κ3) is 4.36. The number of rotatable bonds is 5. The van der Waals surface area contributed by atoms with Crippen molar-refractivity contribution >= 4 is 23.2 Å². The number of hydrogen-bond donors (Lipinski definition) is 1. The Bertz CT molecular complexity index is 1410. The van der Waals surface area contributed by atoms with Crippen LogP contribution in [0.3, 0.4) is 0 Å². The second-order valence-electron chi connectivity index (χ2n) is 8.60. The van der Waals surface area contributed by atoms with Crippen LogP contribution in [0.5, 0.6) is 0 Å². The van der Waals surface area contributed by atoms with Crippen molar-refractivity contribution in [3.63, 3.8) is 0 Å². The molecule has 1 atom stereocenters. The van der Waals surface area contributed by atoms with Crippen LogP contribution in [0.4, 0.5) is 11.7 Å². The number of nitrogens with zero attached hydrogens (tertiary/aromatic N) is 5. The molecule has 0 radical (unpaired) electrons. The molecule has 1 saturated heterocycles. The fourth-order valence-corrected chi connectivity index (χ4v) is 4.53. The van der Waals surface area contributed by atoms with Gasteiger partial charge in [0.05, 0.1) is 36.4 Å². The van der Waals surface area contributed by atoms with Gasteiger partial charge in [0.1, 0.15) is 0 Å². The number of aliphatic imine (C=N–C) groups is 1. The maximum atomic E-state index is 13.2. The Balaban J connectivity index is 1.32. The van der Waals surface area contributed by atoms with Gasteiger partial charge in [0.15, 0.2) is 11.9 Å². The smallest absolute Gasteiger partial charge is 0.317 e. The predicted molar refractivity (Wildman–Crippen MR) is 135 cm³/mol. The van der Waals surface area contributed by atoms with E-state index in [2.05, 4.69) is 25.4 Å². The first-order valence-corrected chi connectivity index (χ1v) is 11.9. The zero-order valence-corrected chi connectivity index (χ0v) is 19.5. The van der Waals surface area contributed by atoms with Crippen LogP contribution in [0.1, 0.15) is 16.7 Å². The van der Waals surface area contributed by atoms with E-state index in [1.54, 1.807) is 12.4 Å². The number of benzene rings is 2. The van der Waals surface area contributed by atoms with Crippen LogP contribution in [0.25, 0.3) is 11.5 Å². The Labute approximate surface area is 207 Å². The van der Waals surface area contributed by atoms with Crippen LogP contribution in [0, 0.1) is 0 Å². The number of hydrogen-bond acceptors (Lipinski definition) is 9. The molecule has 1 unspecified atom stereocenters. The number of aromatic nitrogens is 3. The number of carbonyl (C=O) groups excluding carboxylic acids is 1. The number of ether oxygens (including phenoxy) is 1. The molecule has 0 amide bonds. The maximum absolute atomic E-state index is 13.2. The second-order valence-corrected chi connectivity index (χ2v) is 8.60. The van der Waals surface area contributed by atoms with Gasteiger partial charge in [-0.3, -0.25) is 14.8 Å². The van der Waals surface area contributed by atoms with Gasteiger partial charge in [-0.2, -0.15) is 0 Å². The van der Waals surface area contributed by atoms with E-state index < -0.39 is 6.17 Å². The minimum atomic E-state index is -0.864. The Morgan fingerprint density at radius 2 is 1.72 bits per heavy atom. The van der Waals surface area contributed by atoms with Gasteiger partial charge in [-0.1, -0.05) is 59.7 Å². The highest BCUT2D eigenvalue weighted by molar-refractivity contribution is 6.16. The fraction of sp³-hybridized carbons (Fsp3) is 0.222. The molecule has 0 spiro atoms. The van der Waals surface area contributed by atoms with Crippen molar-refractivity contribution < 1.29 is 13.9 Å². The SMILES string of the molecule is O=C1Cc2ccccc2C(c2ccccc2)=NC1Nc1nnc(-c2ccncc2N2CCOCC2)o1. The number of anilines is 2. The van der Waals surface area contributed by atoms with E-state index in [9.17, 15) is 4.79 Å². The van der Waals surface area contributed by atoms with Crippen molar-refractivity contribution in [1.82, 2.24) is 15.2 Å².